The van der Waals surface area contributed by atoms with Gasteiger partial charge in [0.1, 0.15) is 7.85 Å². The van der Waals surface area contributed by atoms with E-state index >= 15 is 0 Å². The van der Waals surface area contributed by atoms with Gasteiger partial charge in [-0.05, 0) is 14.0 Å². The summed E-state index contributed by atoms with van der Waals surface area (Å²) in [6.45, 7) is 3.88. The minimum atomic E-state index is -0.0845. The summed E-state index contributed by atoms with van der Waals surface area (Å²) in [5.41, 5.74) is 0. The van der Waals surface area contributed by atoms with E-state index < -0.39 is 0 Å². The summed E-state index contributed by atoms with van der Waals surface area (Å²) in [6.07, 6.45) is 0.291. The second kappa shape index (κ2) is 2.71. The maximum Gasteiger partial charge on any atom is 0.110 e. The Labute approximate surface area is 57.6 Å². The van der Waals surface area contributed by atoms with Gasteiger partial charge < -0.3 is 9.64 Å². The van der Waals surface area contributed by atoms with Crippen molar-refractivity contribution in [1.29, 1.82) is 0 Å². The van der Waals surface area contributed by atoms with Crippen LogP contribution in [0.1, 0.15) is 6.92 Å². The number of morpholine rings is 1. The summed E-state index contributed by atoms with van der Waals surface area (Å²) < 4.78 is 5.29. The van der Waals surface area contributed by atoms with Gasteiger partial charge in [-0.25, -0.2) is 0 Å². The van der Waals surface area contributed by atoms with E-state index in [0.29, 0.717) is 6.10 Å². The molecule has 3 heteroatoms. The molecule has 1 aliphatic rings. The number of hydrogen-bond donors (Lipinski definition) is 0. The van der Waals surface area contributed by atoms with E-state index in [2.05, 4.69) is 11.9 Å². The van der Waals surface area contributed by atoms with Crippen molar-refractivity contribution in [3.8, 4) is 0 Å². The van der Waals surface area contributed by atoms with E-state index in [1.165, 1.54) is 0 Å². The normalized spacial score (nSPS) is 38.9. The van der Waals surface area contributed by atoms with Crippen LogP contribution in [0, 0.1) is 0 Å². The average Bonchev–Trinajstić information content (AvgIpc) is 1.59. The van der Waals surface area contributed by atoms with Gasteiger partial charge in [0.15, 0.2) is 0 Å². The van der Waals surface area contributed by atoms with E-state index in [0.717, 1.165) is 13.1 Å². The van der Waals surface area contributed by atoms with Crippen LogP contribution >= 0.6 is 0 Å². The maximum atomic E-state index is 5.55. The summed E-state index contributed by atoms with van der Waals surface area (Å²) >= 11 is 0. The molecule has 0 aromatic heterocycles. The molecule has 2 radical (unpaired) electrons. The molecule has 0 N–H and O–H groups in total. The Balaban J connectivity index is 2.34. The zero-order valence-corrected chi connectivity index (χ0v) is 6.00. The van der Waals surface area contributed by atoms with E-state index in [-0.39, 0.29) is 6.00 Å². The molecule has 2 unspecified atom stereocenters. The van der Waals surface area contributed by atoms with Gasteiger partial charge in [-0.15, -0.1) is 0 Å². The van der Waals surface area contributed by atoms with Crippen molar-refractivity contribution in [3.05, 3.63) is 0 Å². The first-order valence-electron chi connectivity index (χ1n) is 3.28. The van der Waals surface area contributed by atoms with Crippen molar-refractivity contribution < 1.29 is 4.74 Å². The van der Waals surface area contributed by atoms with Crippen LogP contribution in [0.25, 0.3) is 0 Å². The summed E-state index contributed by atoms with van der Waals surface area (Å²) in [7, 11) is 7.61. The molecule has 1 aliphatic heterocycles. The largest absolute Gasteiger partial charge is 0.382 e. The highest BCUT2D eigenvalue weighted by atomic mass is 16.5. The smallest absolute Gasteiger partial charge is 0.110 e. The molecule has 50 valence electrons. The van der Waals surface area contributed by atoms with E-state index in [4.69, 9.17) is 12.6 Å². The van der Waals surface area contributed by atoms with Crippen LogP contribution in [-0.4, -0.2) is 45.0 Å². The van der Waals surface area contributed by atoms with Crippen LogP contribution in [0.5, 0.6) is 0 Å². The molecule has 0 aromatic rings. The van der Waals surface area contributed by atoms with Crippen LogP contribution in [0.2, 0.25) is 0 Å². The molecule has 1 saturated heterocycles. The van der Waals surface area contributed by atoms with Crippen LogP contribution in [0.3, 0.4) is 0 Å². The predicted molar refractivity (Wildman–Crippen MR) is 37.6 cm³/mol. The molecular formula is C6H12BNO. The third-order valence-electron chi connectivity index (χ3n) is 1.47. The molecule has 1 heterocycles. The van der Waals surface area contributed by atoms with Gasteiger partial charge in [-0.3, -0.25) is 0 Å². The third-order valence-corrected chi connectivity index (χ3v) is 1.47. The molecule has 1 fully saturated rings. The fourth-order valence-electron chi connectivity index (χ4n) is 1.21. The Morgan fingerprint density at radius 2 is 2.22 bits per heavy atom. The lowest BCUT2D eigenvalue weighted by atomic mass is 9.98. The Hall–Kier alpha value is -0.0151. The monoisotopic (exact) mass is 125 g/mol. The van der Waals surface area contributed by atoms with Gasteiger partial charge in [0, 0.05) is 19.1 Å². The Kier molecular flexibility index (Phi) is 2.14. The van der Waals surface area contributed by atoms with Crippen molar-refractivity contribution in [2.45, 2.75) is 19.0 Å². The number of hydrogen-bond acceptors (Lipinski definition) is 2. The Morgan fingerprint density at radius 3 is 2.67 bits per heavy atom. The first-order valence-corrected chi connectivity index (χ1v) is 3.28. The van der Waals surface area contributed by atoms with Crippen molar-refractivity contribution in [2.75, 3.05) is 20.1 Å². The van der Waals surface area contributed by atoms with Crippen molar-refractivity contribution >= 4 is 7.85 Å². The number of nitrogens with zero attached hydrogens (tertiary/aromatic N) is 1. The van der Waals surface area contributed by atoms with Gasteiger partial charge in [-0.2, -0.15) is 0 Å². The highest BCUT2D eigenvalue weighted by Gasteiger charge is 2.17. The van der Waals surface area contributed by atoms with Gasteiger partial charge in [-0.1, -0.05) is 0 Å². The molecule has 2 atom stereocenters. The zero-order valence-electron chi connectivity index (χ0n) is 6.00. The lowest BCUT2D eigenvalue weighted by molar-refractivity contribution is -0.0311. The second-order valence-corrected chi connectivity index (χ2v) is 2.71. The minimum absolute atomic E-state index is 0.0845. The summed E-state index contributed by atoms with van der Waals surface area (Å²) in [6, 6.07) is -0.0845. The molecule has 1 rings (SSSR count). The van der Waals surface area contributed by atoms with Gasteiger partial charge in [0.25, 0.3) is 0 Å². The molecule has 0 aromatic carbocycles. The first-order chi connectivity index (χ1) is 4.18. The van der Waals surface area contributed by atoms with Crippen molar-refractivity contribution in [2.24, 2.45) is 0 Å². The van der Waals surface area contributed by atoms with Gasteiger partial charge in [0.2, 0.25) is 0 Å². The fraction of sp³-hybridized carbons (Fsp3) is 1.00. The van der Waals surface area contributed by atoms with E-state index in [1.54, 1.807) is 0 Å². The van der Waals surface area contributed by atoms with Gasteiger partial charge in [0.05, 0.1) is 6.10 Å². The van der Waals surface area contributed by atoms with Crippen molar-refractivity contribution in [3.63, 3.8) is 0 Å². The van der Waals surface area contributed by atoms with E-state index in [1.807, 2.05) is 6.92 Å². The molecule has 0 saturated carbocycles. The van der Waals surface area contributed by atoms with Crippen LogP contribution in [0.4, 0.5) is 0 Å². The number of likely N-dealkylation sites (N-methyl/N-ethyl adjacent to an activating group) is 1. The lowest BCUT2D eigenvalue weighted by Gasteiger charge is -2.32. The molecule has 0 spiro atoms. The molecule has 9 heavy (non-hydrogen) atoms. The van der Waals surface area contributed by atoms with Crippen LogP contribution in [-0.2, 0) is 4.74 Å². The van der Waals surface area contributed by atoms with Crippen LogP contribution in [0.15, 0.2) is 0 Å². The summed E-state index contributed by atoms with van der Waals surface area (Å²) in [5, 5.41) is 0. The first kappa shape index (κ1) is 7.10. The second-order valence-electron chi connectivity index (χ2n) is 2.71. The average molecular weight is 125 g/mol. The maximum absolute atomic E-state index is 5.55. The molecule has 0 amide bonds. The molecule has 0 aliphatic carbocycles. The highest BCUT2D eigenvalue weighted by Crippen LogP contribution is 2.05. The SMILES string of the molecule is [B]C1CN(C)CC(C)O1. The zero-order chi connectivity index (χ0) is 6.85. The number of ether oxygens (including phenoxy) is 1. The quantitative estimate of drug-likeness (QED) is 0.417. The molecule has 2 nitrogen and oxygen atoms in total. The Bertz CT molecular complexity index is 74.0. The summed E-state index contributed by atoms with van der Waals surface area (Å²) in [5.74, 6) is 0. The molecule has 0 bridgehead atoms. The summed E-state index contributed by atoms with van der Waals surface area (Å²) in [4.78, 5) is 2.18. The predicted octanol–water partition coefficient (Wildman–Crippen LogP) is -0.169. The Morgan fingerprint density at radius 1 is 1.56 bits per heavy atom. The van der Waals surface area contributed by atoms with Crippen LogP contribution < -0.4 is 0 Å². The topological polar surface area (TPSA) is 12.5 Å². The van der Waals surface area contributed by atoms with Gasteiger partial charge >= 0.3 is 0 Å². The number of rotatable bonds is 0. The fourth-order valence-corrected chi connectivity index (χ4v) is 1.21. The van der Waals surface area contributed by atoms with Crippen molar-refractivity contribution in [1.82, 2.24) is 4.90 Å². The highest BCUT2D eigenvalue weighted by molar-refractivity contribution is 6.11. The molecular weight excluding hydrogens is 113 g/mol. The third kappa shape index (κ3) is 1.99. The minimum Gasteiger partial charge on any atom is -0.382 e. The van der Waals surface area contributed by atoms with E-state index in [9.17, 15) is 0 Å². The lowest BCUT2D eigenvalue weighted by Crippen LogP contribution is -2.44. The standard InChI is InChI=1S/C6H12BNO/c1-5-3-8(2)4-6(7)9-5/h5-6H,3-4H2,1-2H3.